The first kappa shape index (κ1) is 12.5. The van der Waals surface area contributed by atoms with Crippen molar-refractivity contribution in [1.29, 1.82) is 5.26 Å². The summed E-state index contributed by atoms with van der Waals surface area (Å²) in [6.07, 6.45) is 5.98. The fourth-order valence-electron chi connectivity index (χ4n) is 1.62. The van der Waals surface area contributed by atoms with Crippen molar-refractivity contribution in [2.75, 3.05) is 0 Å². The lowest BCUT2D eigenvalue weighted by Gasteiger charge is -2.31. The number of aromatic nitrogens is 2. The molecule has 88 valence electrons. The summed E-state index contributed by atoms with van der Waals surface area (Å²) in [5.74, 6) is 0. The topological polar surface area (TPSA) is 67.6 Å². The number of nitrogens with zero attached hydrogens (tertiary/aromatic N) is 3. The van der Waals surface area contributed by atoms with Crippen molar-refractivity contribution in [3.8, 4) is 6.07 Å². The van der Waals surface area contributed by atoms with Gasteiger partial charge in [0.25, 0.3) is 0 Å². The number of rotatable bonds is 1. The molecule has 2 unspecified atom stereocenters. The molecule has 1 aliphatic rings. The van der Waals surface area contributed by atoms with Gasteiger partial charge < -0.3 is 5.73 Å². The number of halogens is 3. The molecule has 0 saturated carbocycles. The van der Waals surface area contributed by atoms with Crippen molar-refractivity contribution >= 4 is 34.8 Å². The molecule has 0 aliphatic heterocycles. The fourth-order valence-corrected chi connectivity index (χ4v) is 2.82. The molecular formula is C10H7Cl3N4. The van der Waals surface area contributed by atoms with E-state index in [0.717, 1.165) is 0 Å². The van der Waals surface area contributed by atoms with Crippen LogP contribution in [-0.4, -0.2) is 14.8 Å². The summed E-state index contributed by atoms with van der Waals surface area (Å²) in [6.45, 7) is 0. The van der Waals surface area contributed by atoms with E-state index in [2.05, 4.69) is 5.10 Å². The zero-order valence-electron chi connectivity index (χ0n) is 8.44. The van der Waals surface area contributed by atoms with E-state index in [1.165, 1.54) is 23.2 Å². The molecule has 2 atom stereocenters. The molecule has 0 fully saturated rings. The fraction of sp³-hybridized carbons (Fsp3) is 0.200. The predicted molar refractivity (Wildman–Crippen MR) is 66.6 cm³/mol. The number of nitrogens with two attached hydrogens (primary N) is 1. The van der Waals surface area contributed by atoms with Crippen molar-refractivity contribution < 1.29 is 0 Å². The van der Waals surface area contributed by atoms with E-state index < -0.39 is 11.0 Å². The van der Waals surface area contributed by atoms with E-state index in [0.29, 0.717) is 15.6 Å². The monoisotopic (exact) mass is 288 g/mol. The number of alkyl halides is 1. The molecule has 1 aliphatic carbocycles. The summed E-state index contributed by atoms with van der Waals surface area (Å²) in [5.41, 5.74) is 6.33. The second-order valence-corrected chi connectivity index (χ2v) is 5.14. The van der Waals surface area contributed by atoms with Crippen molar-refractivity contribution in [3.63, 3.8) is 0 Å². The van der Waals surface area contributed by atoms with Crippen LogP contribution in [-0.2, 0) is 0 Å². The molecule has 2 rings (SSSR count). The molecule has 2 N–H and O–H groups in total. The van der Waals surface area contributed by atoms with Gasteiger partial charge in [-0.1, -0.05) is 34.8 Å². The minimum atomic E-state index is -1.28. The molecule has 17 heavy (non-hydrogen) atoms. The van der Waals surface area contributed by atoms with Crippen molar-refractivity contribution in [3.05, 3.63) is 40.2 Å². The smallest absolute Gasteiger partial charge is 0.139 e. The van der Waals surface area contributed by atoms with Gasteiger partial charge >= 0.3 is 0 Å². The predicted octanol–water partition coefficient (Wildman–Crippen LogP) is 2.45. The summed E-state index contributed by atoms with van der Waals surface area (Å²) in [4.78, 5) is -1.28. The molecule has 0 radical (unpaired) electrons. The van der Waals surface area contributed by atoms with Gasteiger partial charge in [0.2, 0.25) is 0 Å². The highest BCUT2D eigenvalue weighted by molar-refractivity contribution is 6.37. The average Bonchev–Trinajstić information content (AvgIpc) is 2.62. The van der Waals surface area contributed by atoms with Crippen LogP contribution in [0.25, 0.3) is 0 Å². The average molecular weight is 290 g/mol. The third kappa shape index (κ3) is 2.33. The maximum Gasteiger partial charge on any atom is 0.139 e. The molecule has 1 aromatic rings. The Morgan fingerprint density at radius 1 is 1.53 bits per heavy atom. The Kier molecular flexibility index (Phi) is 3.19. The van der Waals surface area contributed by atoms with Crippen LogP contribution in [0.1, 0.15) is 11.6 Å². The lowest BCUT2D eigenvalue weighted by Crippen LogP contribution is -2.43. The molecule has 0 saturated heterocycles. The van der Waals surface area contributed by atoms with E-state index in [1.54, 1.807) is 6.08 Å². The molecule has 1 heterocycles. The van der Waals surface area contributed by atoms with Crippen LogP contribution >= 0.6 is 34.8 Å². The third-order valence-corrected chi connectivity index (χ3v) is 3.16. The van der Waals surface area contributed by atoms with Crippen molar-refractivity contribution in [2.45, 2.75) is 11.0 Å². The van der Waals surface area contributed by atoms with Crippen LogP contribution in [0.5, 0.6) is 0 Å². The van der Waals surface area contributed by atoms with Gasteiger partial charge in [0.1, 0.15) is 17.1 Å². The first-order valence-corrected chi connectivity index (χ1v) is 5.75. The SMILES string of the molecule is N#Cc1cnn(C2C(Cl)=CC(Cl)=CC2(N)Cl)c1. The normalized spacial score (nSPS) is 28.3. The highest BCUT2D eigenvalue weighted by Crippen LogP contribution is 2.40. The van der Waals surface area contributed by atoms with Crippen LogP contribution in [0, 0.1) is 11.3 Å². The standard InChI is InChI=1S/C10H7Cl3N4/c11-7-1-8(12)9(10(13,15)2-7)17-5-6(3-14)4-16-17/h1-2,4-5,9H,15H2. The Morgan fingerprint density at radius 3 is 2.76 bits per heavy atom. The maximum absolute atomic E-state index is 8.74. The van der Waals surface area contributed by atoms with Crippen LogP contribution in [0.2, 0.25) is 0 Å². The minimum Gasteiger partial charge on any atom is -0.307 e. The Bertz CT molecular complexity index is 550. The third-order valence-electron chi connectivity index (χ3n) is 2.31. The second-order valence-electron chi connectivity index (χ2n) is 3.61. The minimum absolute atomic E-state index is 0.364. The van der Waals surface area contributed by atoms with Gasteiger partial charge in [-0.15, -0.1) is 0 Å². The van der Waals surface area contributed by atoms with Gasteiger partial charge in [0.05, 0.1) is 11.8 Å². The van der Waals surface area contributed by atoms with E-state index >= 15 is 0 Å². The quantitative estimate of drug-likeness (QED) is 0.638. The highest BCUT2D eigenvalue weighted by atomic mass is 35.5. The van der Waals surface area contributed by atoms with Crippen LogP contribution in [0.3, 0.4) is 0 Å². The Hall–Kier alpha value is -0.990. The van der Waals surface area contributed by atoms with Crippen LogP contribution < -0.4 is 5.73 Å². The first-order chi connectivity index (χ1) is 7.94. The molecule has 0 aromatic carbocycles. The lowest BCUT2D eigenvalue weighted by molar-refractivity contribution is 0.446. The molecule has 4 nitrogen and oxygen atoms in total. The molecular weight excluding hydrogens is 282 g/mol. The summed E-state index contributed by atoms with van der Waals surface area (Å²) >= 11 is 18.1. The zero-order valence-corrected chi connectivity index (χ0v) is 10.7. The number of nitriles is 1. The van der Waals surface area contributed by atoms with Gasteiger partial charge in [0, 0.05) is 16.3 Å². The molecule has 0 amide bonds. The maximum atomic E-state index is 8.74. The Morgan fingerprint density at radius 2 is 2.24 bits per heavy atom. The van der Waals surface area contributed by atoms with Gasteiger partial charge in [-0.2, -0.15) is 10.4 Å². The van der Waals surface area contributed by atoms with Crippen molar-refractivity contribution in [2.24, 2.45) is 5.73 Å². The summed E-state index contributed by atoms with van der Waals surface area (Å²) < 4.78 is 1.45. The van der Waals surface area contributed by atoms with Crippen LogP contribution in [0.15, 0.2) is 34.6 Å². The number of allylic oxidation sites excluding steroid dienone is 2. The zero-order chi connectivity index (χ0) is 12.6. The van der Waals surface area contributed by atoms with Gasteiger partial charge in [-0.3, -0.25) is 4.68 Å². The Balaban J connectivity index is 2.45. The Labute approximate surface area is 113 Å². The largest absolute Gasteiger partial charge is 0.307 e. The molecule has 0 spiro atoms. The van der Waals surface area contributed by atoms with Gasteiger partial charge in [-0.05, 0) is 12.2 Å². The first-order valence-electron chi connectivity index (χ1n) is 4.61. The highest BCUT2D eigenvalue weighted by Gasteiger charge is 2.38. The van der Waals surface area contributed by atoms with E-state index in [4.69, 9.17) is 45.8 Å². The van der Waals surface area contributed by atoms with E-state index in [9.17, 15) is 0 Å². The van der Waals surface area contributed by atoms with Crippen LogP contribution in [0.4, 0.5) is 0 Å². The number of hydrogen-bond acceptors (Lipinski definition) is 3. The van der Waals surface area contributed by atoms with E-state index in [-0.39, 0.29) is 0 Å². The summed E-state index contributed by atoms with van der Waals surface area (Å²) in [7, 11) is 0. The number of hydrogen-bond donors (Lipinski definition) is 1. The second kappa shape index (κ2) is 4.35. The summed E-state index contributed by atoms with van der Waals surface area (Å²) in [6, 6.07) is 1.38. The molecule has 1 aromatic heterocycles. The lowest BCUT2D eigenvalue weighted by atomic mass is 10.0. The van der Waals surface area contributed by atoms with E-state index in [1.807, 2.05) is 6.07 Å². The van der Waals surface area contributed by atoms with Gasteiger partial charge in [-0.25, -0.2) is 0 Å². The molecule has 7 heteroatoms. The summed E-state index contributed by atoms with van der Waals surface area (Å²) in [5, 5.41) is 13.5. The van der Waals surface area contributed by atoms with Gasteiger partial charge in [0.15, 0.2) is 0 Å². The van der Waals surface area contributed by atoms with Crippen molar-refractivity contribution in [1.82, 2.24) is 9.78 Å². The molecule has 0 bridgehead atoms.